The molecule has 0 unspecified atom stereocenters. The number of nitrogens with one attached hydrogen (secondary N) is 1. The normalized spacial score (nSPS) is 10.9. The minimum atomic E-state index is 0.565. The van der Waals surface area contributed by atoms with Crippen LogP contribution in [-0.4, -0.2) is 16.5 Å². The topological polar surface area (TPSA) is 54.7 Å². The third-order valence-electron chi connectivity index (χ3n) is 3.00. The van der Waals surface area contributed by atoms with Gasteiger partial charge in [0.05, 0.1) is 0 Å². The lowest BCUT2D eigenvalue weighted by atomic mass is 9.98. The number of aryl methyl sites for hydroxylation is 3. The van der Waals surface area contributed by atoms with Crippen molar-refractivity contribution in [1.29, 1.82) is 0 Å². The third kappa shape index (κ3) is 2.42. The maximum atomic E-state index is 6.24. The fourth-order valence-corrected chi connectivity index (χ4v) is 2.62. The van der Waals surface area contributed by atoms with Gasteiger partial charge in [-0.25, -0.2) is 4.98 Å². The molecule has 1 aromatic heterocycles. The van der Waals surface area contributed by atoms with E-state index in [2.05, 4.69) is 42.9 Å². The van der Waals surface area contributed by atoms with Gasteiger partial charge in [-0.3, -0.25) is 0 Å². The molecule has 0 aliphatic rings. The molecule has 0 aliphatic heterocycles. The number of aromatic nitrogens is 2. The smallest absolute Gasteiger partial charge is 0.134 e. The molecule has 0 bridgehead atoms. The van der Waals surface area contributed by atoms with Gasteiger partial charge < -0.3 is 10.7 Å². The Balaban J connectivity index is 2.55. The van der Waals surface area contributed by atoms with Crippen molar-refractivity contribution in [3.8, 4) is 11.3 Å². The number of halogens is 1. The molecule has 2 aromatic rings. The first-order valence-electron chi connectivity index (χ1n) is 6.05. The van der Waals surface area contributed by atoms with Gasteiger partial charge in [-0.05, 0) is 38.4 Å². The molecule has 0 spiro atoms. The van der Waals surface area contributed by atoms with Crippen molar-refractivity contribution in [2.75, 3.05) is 6.54 Å². The Morgan fingerprint density at radius 3 is 2.39 bits per heavy atom. The number of nitrogens with two attached hydrogens (primary N) is 1. The Morgan fingerprint density at radius 1 is 1.22 bits per heavy atom. The van der Waals surface area contributed by atoms with Crippen molar-refractivity contribution >= 4 is 11.6 Å². The van der Waals surface area contributed by atoms with Gasteiger partial charge in [0.1, 0.15) is 16.7 Å². The van der Waals surface area contributed by atoms with Crippen LogP contribution in [0.1, 0.15) is 22.5 Å². The first-order chi connectivity index (χ1) is 8.52. The maximum absolute atomic E-state index is 6.24. The van der Waals surface area contributed by atoms with Crippen molar-refractivity contribution in [3.63, 3.8) is 0 Å². The van der Waals surface area contributed by atoms with E-state index in [1.54, 1.807) is 0 Å². The van der Waals surface area contributed by atoms with Gasteiger partial charge in [0.2, 0.25) is 0 Å². The van der Waals surface area contributed by atoms with Crippen LogP contribution in [0.4, 0.5) is 0 Å². The zero-order valence-electron chi connectivity index (χ0n) is 11.0. The molecular weight excluding hydrogens is 246 g/mol. The molecule has 1 aromatic carbocycles. The summed E-state index contributed by atoms with van der Waals surface area (Å²) < 4.78 is 0. The summed E-state index contributed by atoms with van der Waals surface area (Å²) in [6, 6.07) is 4.30. The summed E-state index contributed by atoms with van der Waals surface area (Å²) >= 11 is 6.24. The molecule has 96 valence electrons. The summed E-state index contributed by atoms with van der Waals surface area (Å²) in [5, 5.41) is 0.591. The van der Waals surface area contributed by atoms with Crippen LogP contribution in [0.25, 0.3) is 11.3 Å². The summed E-state index contributed by atoms with van der Waals surface area (Å²) in [4.78, 5) is 7.64. The molecule has 0 amide bonds. The molecule has 3 nitrogen and oxygen atoms in total. The van der Waals surface area contributed by atoms with Crippen LogP contribution in [0.3, 0.4) is 0 Å². The first-order valence-corrected chi connectivity index (χ1v) is 6.43. The van der Waals surface area contributed by atoms with Crippen LogP contribution >= 0.6 is 11.6 Å². The molecule has 0 saturated heterocycles. The number of rotatable bonds is 3. The van der Waals surface area contributed by atoms with Crippen molar-refractivity contribution in [1.82, 2.24) is 9.97 Å². The van der Waals surface area contributed by atoms with Crippen LogP contribution in [0, 0.1) is 20.8 Å². The molecule has 1 heterocycles. The summed E-state index contributed by atoms with van der Waals surface area (Å²) in [5.74, 6) is 0.844. The Bertz CT molecular complexity index is 549. The highest BCUT2D eigenvalue weighted by molar-refractivity contribution is 6.32. The second kappa shape index (κ2) is 5.12. The van der Waals surface area contributed by atoms with Gasteiger partial charge in [0.25, 0.3) is 0 Å². The van der Waals surface area contributed by atoms with E-state index in [4.69, 9.17) is 17.3 Å². The maximum Gasteiger partial charge on any atom is 0.134 e. The van der Waals surface area contributed by atoms with Crippen molar-refractivity contribution in [3.05, 3.63) is 39.8 Å². The number of benzene rings is 1. The van der Waals surface area contributed by atoms with E-state index in [9.17, 15) is 0 Å². The Labute approximate surface area is 112 Å². The highest BCUT2D eigenvalue weighted by Gasteiger charge is 2.14. The van der Waals surface area contributed by atoms with Gasteiger partial charge in [-0.2, -0.15) is 0 Å². The minimum Gasteiger partial charge on any atom is -0.332 e. The zero-order chi connectivity index (χ0) is 13.3. The van der Waals surface area contributed by atoms with Gasteiger partial charge in [-0.15, -0.1) is 0 Å². The average molecular weight is 264 g/mol. The monoisotopic (exact) mass is 263 g/mol. The van der Waals surface area contributed by atoms with Crippen LogP contribution in [0.2, 0.25) is 5.15 Å². The fraction of sp³-hybridized carbons (Fsp3) is 0.357. The lowest BCUT2D eigenvalue weighted by molar-refractivity contribution is 0.895. The quantitative estimate of drug-likeness (QED) is 0.894. The number of hydrogen-bond donors (Lipinski definition) is 2. The number of imidazole rings is 1. The van der Waals surface area contributed by atoms with E-state index in [1.165, 1.54) is 16.7 Å². The third-order valence-corrected chi connectivity index (χ3v) is 3.28. The molecule has 0 saturated carbocycles. The predicted octanol–water partition coefficient (Wildman–Crippen LogP) is 3.16. The van der Waals surface area contributed by atoms with Gasteiger partial charge in [-0.1, -0.05) is 29.3 Å². The fourth-order valence-electron chi connectivity index (χ4n) is 2.37. The Kier molecular flexibility index (Phi) is 3.73. The van der Waals surface area contributed by atoms with Gasteiger partial charge in [0.15, 0.2) is 0 Å². The Morgan fingerprint density at radius 2 is 1.83 bits per heavy atom. The number of H-pyrrole nitrogens is 1. The molecule has 4 heteroatoms. The van der Waals surface area contributed by atoms with Gasteiger partial charge in [0, 0.05) is 12.0 Å². The van der Waals surface area contributed by atoms with E-state index >= 15 is 0 Å². The lowest BCUT2D eigenvalue weighted by Crippen LogP contribution is -2.03. The zero-order valence-corrected chi connectivity index (χ0v) is 11.7. The molecule has 18 heavy (non-hydrogen) atoms. The van der Waals surface area contributed by atoms with Crippen LogP contribution < -0.4 is 5.73 Å². The van der Waals surface area contributed by atoms with E-state index < -0.39 is 0 Å². The van der Waals surface area contributed by atoms with E-state index in [0.717, 1.165) is 17.1 Å². The number of nitrogens with zero attached hydrogens (tertiary/aromatic N) is 1. The largest absolute Gasteiger partial charge is 0.332 e. The van der Waals surface area contributed by atoms with Crippen molar-refractivity contribution in [2.45, 2.75) is 27.2 Å². The second-order valence-corrected chi connectivity index (χ2v) is 5.04. The van der Waals surface area contributed by atoms with E-state index in [0.29, 0.717) is 18.1 Å². The summed E-state index contributed by atoms with van der Waals surface area (Å²) in [5.41, 5.74) is 11.1. The first kappa shape index (κ1) is 13.1. The standard InChI is InChI=1S/C14H18ClN3/c1-8-6-9(2)12(10(3)7-8)13-14(15)18-11(17-13)4-5-16/h6-7H,4-5,16H2,1-3H3,(H,17,18). The molecule has 0 aliphatic carbocycles. The van der Waals surface area contributed by atoms with E-state index in [-0.39, 0.29) is 0 Å². The molecule has 0 radical (unpaired) electrons. The van der Waals surface area contributed by atoms with Crippen LogP contribution in [0.5, 0.6) is 0 Å². The van der Waals surface area contributed by atoms with E-state index in [1.807, 2.05) is 0 Å². The molecule has 0 fully saturated rings. The van der Waals surface area contributed by atoms with Gasteiger partial charge >= 0.3 is 0 Å². The van der Waals surface area contributed by atoms with Crippen molar-refractivity contribution < 1.29 is 0 Å². The highest BCUT2D eigenvalue weighted by Crippen LogP contribution is 2.32. The SMILES string of the molecule is Cc1cc(C)c(-c2nc(CCN)[nH]c2Cl)c(C)c1. The molecule has 3 N–H and O–H groups in total. The second-order valence-electron chi connectivity index (χ2n) is 4.66. The van der Waals surface area contributed by atoms with Crippen molar-refractivity contribution in [2.24, 2.45) is 5.73 Å². The molecule has 0 atom stereocenters. The van der Waals surface area contributed by atoms with Crippen LogP contribution in [-0.2, 0) is 6.42 Å². The van der Waals surface area contributed by atoms with Crippen LogP contribution in [0.15, 0.2) is 12.1 Å². The number of aromatic amines is 1. The molecular formula is C14H18ClN3. The summed E-state index contributed by atoms with van der Waals surface area (Å²) in [6.07, 6.45) is 0.712. The average Bonchev–Trinajstić information content (AvgIpc) is 2.59. The highest BCUT2D eigenvalue weighted by atomic mass is 35.5. The summed E-state index contributed by atoms with van der Waals surface area (Å²) in [7, 11) is 0. The summed E-state index contributed by atoms with van der Waals surface area (Å²) in [6.45, 7) is 6.83. The predicted molar refractivity (Wildman–Crippen MR) is 76.0 cm³/mol. The molecule has 2 rings (SSSR count). The number of hydrogen-bond acceptors (Lipinski definition) is 2. The lowest BCUT2D eigenvalue weighted by Gasteiger charge is -2.09. The minimum absolute atomic E-state index is 0.565. The Hall–Kier alpha value is -1.32.